The van der Waals surface area contributed by atoms with Crippen molar-refractivity contribution in [3.05, 3.63) is 71.3 Å². The number of carbonyl (C=O) groups excluding carboxylic acids is 1. The smallest absolute Gasteiger partial charge is 0.258 e. The molecule has 106 valence electrons. The fourth-order valence-corrected chi connectivity index (χ4v) is 2.65. The van der Waals surface area contributed by atoms with Gasteiger partial charge in [-0.3, -0.25) is 4.79 Å². The number of carbonyl (C=O) groups is 1. The van der Waals surface area contributed by atoms with Crippen LogP contribution in [0.5, 0.6) is 0 Å². The second-order valence-electron chi connectivity index (χ2n) is 5.22. The lowest BCUT2D eigenvalue weighted by molar-refractivity contribution is -0.123. The molecule has 0 saturated carbocycles. The van der Waals surface area contributed by atoms with E-state index in [0.717, 1.165) is 17.5 Å². The summed E-state index contributed by atoms with van der Waals surface area (Å²) < 4.78 is 0. The van der Waals surface area contributed by atoms with Gasteiger partial charge in [-0.2, -0.15) is 0 Å². The van der Waals surface area contributed by atoms with Crippen LogP contribution in [-0.4, -0.2) is 29.5 Å². The molecule has 0 unspecified atom stereocenters. The molecule has 0 aliphatic carbocycles. The first-order valence-electron chi connectivity index (χ1n) is 7.01. The summed E-state index contributed by atoms with van der Waals surface area (Å²) in [7, 11) is 1.77. The molecule has 1 amide bonds. The third-order valence-corrected chi connectivity index (χ3v) is 3.85. The van der Waals surface area contributed by atoms with Crippen LogP contribution < -0.4 is 0 Å². The van der Waals surface area contributed by atoms with Crippen molar-refractivity contribution in [2.45, 2.75) is 6.42 Å². The number of nitrogens with zero attached hydrogens (tertiary/aromatic N) is 1. The van der Waals surface area contributed by atoms with Crippen molar-refractivity contribution in [1.29, 1.82) is 0 Å². The number of aliphatic hydroxyl groups is 1. The maximum absolute atomic E-state index is 12.6. The molecule has 0 fully saturated rings. The standard InChI is InChI=1S/C18H17NO2/c1-19-12-11-13-7-5-6-10-15(13)16(18(19)21)17(20)14-8-3-2-4-9-14/h2-10,20H,11-12H2,1H3/b17-16-. The van der Waals surface area contributed by atoms with Crippen molar-refractivity contribution >= 4 is 17.2 Å². The molecule has 1 heterocycles. The molecule has 1 N–H and O–H groups in total. The van der Waals surface area contributed by atoms with Gasteiger partial charge in [0.25, 0.3) is 5.91 Å². The van der Waals surface area contributed by atoms with Crippen LogP contribution in [0.15, 0.2) is 54.6 Å². The van der Waals surface area contributed by atoms with Gasteiger partial charge in [0, 0.05) is 19.2 Å². The highest BCUT2D eigenvalue weighted by Crippen LogP contribution is 2.30. The molecular weight excluding hydrogens is 262 g/mol. The van der Waals surface area contributed by atoms with Crippen LogP contribution in [-0.2, 0) is 11.2 Å². The lowest BCUT2D eigenvalue weighted by Gasteiger charge is -2.16. The predicted octanol–water partition coefficient (Wildman–Crippen LogP) is 3.13. The van der Waals surface area contributed by atoms with Crippen molar-refractivity contribution in [1.82, 2.24) is 4.90 Å². The second kappa shape index (κ2) is 5.44. The normalized spacial score (nSPS) is 17.2. The molecule has 3 heteroatoms. The molecule has 3 nitrogen and oxygen atoms in total. The lowest BCUT2D eigenvalue weighted by Crippen LogP contribution is -2.27. The molecule has 0 atom stereocenters. The summed E-state index contributed by atoms with van der Waals surface area (Å²) in [6.45, 7) is 0.654. The number of hydrogen-bond donors (Lipinski definition) is 1. The monoisotopic (exact) mass is 279 g/mol. The van der Waals surface area contributed by atoms with Crippen LogP contribution in [0, 0.1) is 0 Å². The van der Waals surface area contributed by atoms with Crippen molar-refractivity contribution in [2.24, 2.45) is 0 Å². The highest BCUT2D eigenvalue weighted by atomic mass is 16.3. The summed E-state index contributed by atoms with van der Waals surface area (Å²) >= 11 is 0. The van der Waals surface area contributed by atoms with Gasteiger partial charge in [-0.15, -0.1) is 0 Å². The number of rotatable bonds is 1. The highest BCUT2D eigenvalue weighted by Gasteiger charge is 2.26. The van der Waals surface area contributed by atoms with Crippen LogP contribution in [0.25, 0.3) is 11.3 Å². The van der Waals surface area contributed by atoms with Gasteiger partial charge in [-0.05, 0) is 17.5 Å². The van der Waals surface area contributed by atoms with E-state index < -0.39 is 0 Å². The minimum atomic E-state index is -0.138. The van der Waals surface area contributed by atoms with E-state index >= 15 is 0 Å². The first kappa shape index (κ1) is 13.4. The van der Waals surface area contributed by atoms with E-state index in [-0.39, 0.29) is 11.7 Å². The summed E-state index contributed by atoms with van der Waals surface area (Å²) in [5.74, 6) is -0.0943. The molecule has 2 aromatic carbocycles. The van der Waals surface area contributed by atoms with E-state index in [1.165, 1.54) is 0 Å². The fourth-order valence-electron chi connectivity index (χ4n) is 2.65. The summed E-state index contributed by atoms with van der Waals surface area (Å²) in [6, 6.07) is 17.0. The topological polar surface area (TPSA) is 40.5 Å². The Labute approximate surface area is 124 Å². The molecule has 0 aromatic heterocycles. The van der Waals surface area contributed by atoms with Crippen molar-refractivity contribution in [3.8, 4) is 0 Å². The average molecular weight is 279 g/mol. The number of fused-ring (bicyclic) bond motifs is 1. The highest BCUT2D eigenvalue weighted by molar-refractivity contribution is 6.26. The van der Waals surface area contributed by atoms with Crippen molar-refractivity contribution in [2.75, 3.05) is 13.6 Å². The second-order valence-corrected chi connectivity index (χ2v) is 5.22. The average Bonchev–Trinajstić information content (AvgIpc) is 2.65. The van der Waals surface area contributed by atoms with E-state index in [9.17, 15) is 9.90 Å². The van der Waals surface area contributed by atoms with Gasteiger partial charge in [-0.1, -0.05) is 54.6 Å². The number of likely N-dealkylation sites (N-methyl/N-ethyl adjacent to an activating group) is 1. The van der Waals surface area contributed by atoms with E-state index in [1.807, 2.05) is 54.6 Å². The molecule has 0 spiro atoms. The van der Waals surface area contributed by atoms with E-state index in [2.05, 4.69) is 0 Å². The van der Waals surface area contributed by atoms with Crippen LogP contribution in [0.1, 0.15) is 16.7 Å². The zero-order valence-corrected chi connectivity index (χ0v) is 11.9. The summed E-state index contributed by atoms with van der Waals surface area (Å²) in [4.78, 5) is 14.3. The number of benzene rings is 2. The minimum absolute atomic E-state index is 0.0433. The van der Waals surface area contributed by atoms with Crippen LogP contribution in [0.2, 0.25) is 0 Å². The largest absolute Gasteiger partial charge is 0.506 e. The van der Waals surface area contributed by atoms with Gasteiger partial charge < -0.3 is 10.0 Å². The quantitative estimate of drug-likeness (QED) is 0.643. The minimum Gasteiger partial charge on any atom is -0.506 e. The molecule has 2 aromatic rings. The van der Waals surface area contributed by atoms with Crippen molar-refractivity contribution in [3.63, 3.8) is 0 Å². The third kappa shape index (κ3) is 2.42. The Balaban J connectivity index is 2.24. The first-order chi connectivity index (χ1) is 10.2. The van der Waals surface area contributed by atoms with Gasteiger partial charge in [0.2, 0.25) is 0 Å². The van der Waals surface area contributed by atoms with Crippen LogP contribution >= 0.6 is 0 Å². The SMILES string of the molecule is CN1CCc2ccccc2/C(=C(/O)c2ccccc2)C1=O. The Bertz CT molecular complexity index is 704. The Morgan fingerprint density at radius 3 is 2.48 bits per heavy atom. The third-order valence-electron chi connectivity index (χ3n) is 3.85. The van der Waals surface area contributed by atoms with Gasteiger partial charge in [0.15, 0.2) is 0 Å². The Hall–Kier alpha value is -2.55. The maximum Gasteiger partial charge on any atom is 0.258 e. The lowest BCUT2D eigenvalue weighted by atomic mass is 9.95. The zero-order chi connectivity index (χ0) is 14.8. The molecule has 1 aliphatic rings. The first-order valence-corrected chi connectivity index (χ1v) is 7.01. The Morgan fingerprint density at radius 1 is 1.05 bits per heavy atom. The molecule has 21 heavy (non-hydrogen) atoms. The maximum atomic E-state index is 12.6. The van der Waals surface area contributed by atoms with E-state index in [1.54, 1.807) is 11.9 Å². The van der Waals surface area contributed by atoms with E-state index in [4.69, 9.17) is 0 Å². The fraction of sp³-hybridized carbons (Fsp3) is 0.167. The summed E-state index contributed by atoms with van der Waals surface area (Å²) in [6.07, 6.45) is 0.796. The molecule has 0 bridgehead atoms. The van der Waals surface area contributed by atoms with Crippen LogP contribution in [0.4, 0.5) is 0 Å². The summed E-state index contributed by atoms with van der Waals surface area (Å²) in [5, 5.41) is 10.6. The number of hydrogen-bond acceptors (Lipinski definition) is 2. The van der Waals surface area contributed by atoms with Crippen LogP contribution in [0.3, 0.4) is 0 Å². The van der Waals surface area contributed by atoms with Gasteiger partial charge in [-0.25, -0.2) is 0 Å². The number of aliphatic hydroxyl groups excluding tert-OH is 1. The molecule has 0 saturated heterocycles. The zero-order valence-electron chi connectivity index (χ0n) is 11.9. The molecular formula is C18H17NO2. The molecule has 3 rings (SSSR count). The Morgan fingerprint density at radius 2 is 1.71 bits per heavy atom. The molecule has 0 radical (unpaired) electrons. The van der Waals surface area contributed by atoms with Gasteiger partial charge >= 0.3 is 0 Å². The van der Waals surface area contributed by atoms with E-state index in [0.29, 0.717) is 17.7 Å². The Kier molecular flexibility index (Phi) is 3.48. The molecule has 1 aliphatic heterocycles. The summed E-state index contributed by atoms with van der Waals surface area (Å²) in [5.41, 5.74) is 2.96. The van der Waals surface area contributed by atoms with Gasteiger partial charge in [0.1, 0.15) is 5.76 Å². The van der Waals surface area contributed by atoms with Gasteiger partial charge in [0.05, 0.1) is 5.57 Å². The number of amides is 1. The predicted molar refractivity (Wildman–Crippen MR) is 83.7 cm³/mol. The van der Waals surface area contributed by atoms with Crippen molar-refractivity contribution < 1.29 is 9.90 Å².